The number of ether oxygens (including phenoxy) is 1. The van der Waals surface area contributed by atoms with Gasteiger partial charge in [0.25, 0.3) is 8.32 Å². The van der Waals surface area contributed by atoms with Crippen LogP contribution in [0, 0.1) is 0 Å². The Morgan fingerprint density at radius 3 is 1.71 bits per heavy atom. The van der Waals surface area contributed by atoms with Crippen molar-refractivity contribution in [3.63, 3.8) is 0 Å². The quantitative estimate of drug-likeness (QED) is 0.153. The van der Waals surface area contributed by atoms with E-state index in [0.717, 1.165) is 11.3 Å². The molecule has 0 aromatic heterocycles. The highest BCUT2D eigenvalue weighted by molar-refractivity contribution is 6.99. The van der Waals surface area contributed by atoms with E-state index in [-0.39, 0.29) is 10.1 Å². The average molecular weight is 605 g/mol. The van der Waals surface area contributed by atoms with E-state index in [1.807, 2.05) is 54.6 Å². The Hall–Kier alpha value is -2.78. The van der Waals surface area contributed by atoms with Crippen LogP contribution in [0.15, 0.2) is 103 Å². The summed E-state index contributed by atoms with van der Waals surface area (Å²) in [6, 6.07) is 28.7. The molecule has 0 heterocycles. The molecule has 0 amide bonds. The third-order valence-electron chi connectivity index (χ3n) is 8.28. The van der Waals surface area contributed by atoms with Crippen molar-refractivity contribution in [2.24, 2.45) is 0 Å². The lowest BCUT2D eigenvalue weighted by Gasteiger charge is -2.42. The summed E-state index contributed by atoms with van der Waals surface area (Å²) in [4.78, 5) is 0. The second-order valence-electron chi connectivity index (χ2n) is 13.3. The highest BCUT2D eigenvalue weighted by atomic mass is 28.4. The van der Waals surface area contributed by atoms with Gasteiger partial charge in [0, 0.05) is 0 Å². The van der Waals surface area contributed by atoms with E-state index in [4.69, 9.17) is 13.6 Å². The Labute approximate surface area is 255 Å². The summed E-state index contributed by atoms with van der Waals surface area (Å²) in [5.74, 6) is 0.786. The zero-order valence-corrected chi connectivity index (χ0v) is 28.9. The molecule has 0 aliphatic carbocycles. The van der Waals surface area contributed by atoms with E-state index >= 15 is 4.39 Å². The fourth-order valence-electron chi connectivity index (χ4n) is 4.88. The van der Waals surface area contributed by atoms with Gasteiger partial charge in [0.1, 0.15) is 11.9 Å². The average Bonchev–Trinajstić information content (AvgIpc) is 2.95. The third kappa shape index (κ3) is 8.19. The van der Waals surface area contributed by atoms with Crippen LogP contribution >= 0.6 is 0 Å². The minimum absolute atomic E-state index is 0.0466. The molecule has 0 aliphatic heterocycles. The summed E-state index contributed by atoms with van der Waals surface area (Å²) in [5.41, 5.74) is 0.964. The van der Waals surface area contributed by atoms with Gasteiger partial charge in [-0.15, -0.1) is 0 Å². The summed E-state index contributed by atoms with van der Waals surface area (Å²) in [6.07, 6.45) is 5.17. The summed E-state index contributed by atoms with van der Waals surface area (Å²) < 4.78 is 34.8. The number of alkyl halides is 1. The minimum Gasteiger partial charge on any atom is -0.497 e. The summed E-state index contributed by atoms with van der Waals surface area (Å²) in [6.45, 7) is 17.9. The van der Waals surface area contributed by atoms with E-state index < -0.39 is 28.9 Å². The molecule has 0 radical (unpaired) electrons. The van der Waals surface area contributed by atoms with Crippen molar-refractivity contribution < 1.29 is 18.0 Å². The second kappa shape index (κ2) is 14.1. The van der Waals surface area contributed by atoms with E-state index in [1.165, 1.54) is 10.4 Å². The smallest absolute Gasteiger partial charge is 0.261 e. The predicted octanol–water partition coefficient (Wildman–Crippen LogP) is 8.57. The Balaban J connectivity index is 1.88. The Kier molecular flexibility index (Phi) is 11.3. The van der Waals surface area contributed by atoms with Crippen LogP contribution < -0.4 is 15.1 Å². The third-order valence-corrected chi connectivity index (χ3v) is 17.8. The molecule has 0 aliphatic rings. The molecule has 226 valence electrons. The zero-order valence-electron chi connectivity index (χ0n) is 26.9. The van der Waals surface area contributed by atoms with Crippen molar-refractivity contribution in [3.8, 4) is 5.75 Å². The van der Waals surface area contributed by atoms with Crippen molar-refractivity contribution in [2.45, 2.75) is 77.0 Å². The van der Waals surface area contributed by atoms with Gasteiger partial charge in [-0.05, 0) is 57.3 Å². The van der Waals surface area contributed by atoms with Gasteiger partial charge in [-0.2, -0.15) is 0 Å². The maximum absolute atomic E-state index is 16.0. The lowest BCUT2D eigenvalue weighted by molar-refractivity contribution is 0.150. The van der Waals surface area contributed by atoms with Gasteiger partial charge in [0.2, 0.25) is 0 Å². The fraction of sp³-hybridized carbons (Fsp3) is 0.389. The van der Waals surface area contributed by atoms with Gasteiger partial charge in [-0.25, -0.2) is 4.39 Å². The molecule has 0 saturated heterocycles. The SMILES string of the molecule is COc1ccc(/C=C/[C@H](O[Si](C)(C)C(C)(C)C)[C@H](F)/C=C\CO[Si](c2ccccc2)(c2ccccc2)C(C)(C)C)cc1. The number of benzene rings is 3. The highest BCUT2D eigenvalue weighted by Gasteiger charge is 2.50. The number of methoxy groups -OCH3 is 1. The summed E-state index contributed by atoms with van der Waals surface area (Å²) in [5, 5.41) is 2.22. The van der Waals surface area contributed by atoms with E-state index in [2.05, 4.69) is 103 Å². The van der Waals surface area contributed by atoms with Crippen molar-refractivity contribution in [1.82, 2.24) is 0 Å². The molecule has 0 spiro atoms. The monoisotopic (exact) mass is 604 g/mol. The first-order valence-corrected chi connectivity index (χ1v) is 19.6. The van der Waals surface area contributed by atoms with Gasteiger partial charge in [0.05, 0.1) is 19.8 Å². The van der Waals surface area contributed by atoms with E-state index in [1.54, 1.807) is 13.2 Å². The topological polar surface area (TPSA) is 27.7 Å². The van der Waals surface area contributed by atoms with E-state index in [9.17, 15) is 0 Å². The molecule has 3 aromatic carbocycles. The Morgan fingerprint density at radius 1 is 0.738 bits per heavy atom. The number of halogens is 1. The second-order valence-corrected chi connectivity index (χ2v) is 22.4. The van der Waals surface area contributed by atoms with Crippen LogP contribution in [-0.4, -0.2) is 42.6 Å². The van der Waals surface area contributed by atoms with Gasteiger partial charge < -0.3 is 13.6 Å². The maximum atomic E-state index is 16.0. The van der Waals surface area contributed by atoms with E-state index in [0.29, 0.717) is 6.61 Å². The van der Waals surface area contributed by atoms with Gasteiger partial charge >= 0.3 is 0 Å². The molecule has 2 atom stereocenters. The number of hydrogen-bond donors (Lipinski definition) is 0. The van der Waals surface area contributed by atoms with Crippen molar-refractivity contribution in [3.05, 3.63) is 109 Å². The maximum Gasteiger partial charge on any atom is 0.261 e. The Morgan fingerprint density at radius 2 is 1.26 bits per heavy atom. The molecule has 0 N–H and O–H groups in total. The fourth-order valence-corrected chi connectivity index (χ4v) is 10.6. The lowest BCUT2D eigenvalue weighted by Crippen LogP contribution is -2.66. The zero-order chi connectivity index (χ0) is 31.0. The molecule has 3 nitrogen and oxygen atoms in total. The van der Waals surface area contributed by atoms with Crippen LogP contribution in [0.2, 0.25) is 23.2 Å². The number of hydrogen-bond acceptors (Lipinski definition) is 3. The van der Waals surface area contributed by atoms with Crippen LogP contribution in [0.25, 0.3) is 6.08 Å². The normalized spacial score (nSPS) is 14.8. The standard InChI is InChI=1S/C36H49FO3Si2/c1-35(2,3)41(8,9)40-34(27-24-29-22-25-30(38-7)26-23-29)33(37)21-16-28-39-42(36(4,5)6,31-17-12-10-13-18-31)32-19-14-11-15-20-32/h10-27,33-34H,28H2,1-9H3/b21-16-,27-24+/t33-,34+/m1/s1. The van der Waals surface area contributed by atoms with Gasteiger partial charge in [-0.3, -0.25) is 0 Å². The van der Waals surface area contributed by atoms with Crippen LogP contribution in [0.4, 0.5) is 4.39 Å². The largest absolute Gasteiger partial charge is 0.497 e. The molecule has 0 bridgehead atoms. The molecule has 0 fully saturated rings. The summed E-state index contributed by atoms with van der Waals surface area (Å²) >= 11 is 0. The first-order chi connectivity index (χ1) is 19.7. The molecule has 6 heteroatoms. The van der Waals surface area contributed by atoms with Crippen molar-refractivity contribution in [2.75, 3.05) is 13.7 Å². The lowest BCUT2D eigenvalue weighted by atomic mass is 10.1. The highest BCUT2D eigenvalue weighted by Crippen LogP contribution is 2.39. The van der Waals surface area contributed by atoms with Crippen LogP contribution in [0.1, 0.15) is 47.1 Å². The minimum atomic E-state index is -2.70. The number of rotatable bonds is 12. The predicted molar refractivity (Wildman–Crippen MR) is 182 cm³/mol. The first-order valence-electron chi connectivity index (χ1n) is 14.8. The molecule has 3 rings (SSSR count). The summed E-state index contributed by atoms with van der Waals surface area (Å²) in [7, 11) is -3.30. The van der Waals surface area contributed by atoms with Gasteiger partial charge in [0.15, 0.2) is 8.32 Å². The Bertz CT molecular complexity index is 1250. The van der Waals surface area contributed by atoms with Gasteiger partial charge in [-0.1, -0.05) is 133 Å². The molecular weight excluding hydrogens is 556 g/mol. The molecular formula is C36H49FO3Si2. The molecule has 42 heavy (non-hydrogen) atoms. The van der Waals surface area contributed by atoms with Crippen LogP contribution in [-0.2, 0) is 8.85 Å². The van der Waals surface area contributed by atoms with Crippen molar-refractivity contribution in [1.29, 1.82) is 0 Å². The molecule has 3 aromatic rings. The van der Waals surface area contributed by atoms with Crippen LogP contribution in [0.5, 0.6) is 5.75 Å². The molecule has 0 saturated carbocycles. The molecule has 0 unspecified atom stereocenters. The van der Waals surface area contributed by atoms with Crippen molar-refractivity contribution >= 4 is 33.1 Å². The van der Waals surface area contributed by atoms with Crippen LogP contribution in [0.3, 0.4) is 0 Å². The first kappa shape index (κ1) is 33.7.